The van der Waals surface area contributed by atoms with Crippen LogP contribution in [0, 0.1) is 17.3 Å². The Bertz CT molecular complexity index is 624. The number of carbonyl (C=O) groups excluding carboxylic acids is 1. The first-order valence-electron chi connectivity index (χ1n) is 8.16. The Kier molecular flexibility index (Phi) is 2.66. The maximum atomic E-state index is 12.3. The average molecular weight is 285 g/mol. The number of benzene rings is 1. The zero-order valence-corrected chi connectivity index (χ0v) is 12.6. The fourth-order valence-electron chi connectivity index (χ4n) is 5.44. The average Bonchev–Trinajstić information content (AvgIpc) is 2.78. The zero-order valence-electron chi connectivity index (χ0n) is 12.6. The maximum Gasteiger partial charge on any atom is 0.141 e. The smallest absolute Gasteiger partial charge is 0.141 e. The van der Waals surface area contributed by atoms with Crippen LogP contribution in [0.2, 0.25) is 0 Å². The first-order chi connectivity index (χ1) is 10.0. The van der Waals surface area contributed by atoms with E-state index < -0.39 is 0 Å². The van der Waals surface area contributed by atoms with Gasteiger partial charge in [-0.15, -0.1) is 0 Å². The number of ketones is 1. The van der Waals surface area contributed by atoms with Crippen molar-refractivity contribution in [3.05, 3.63) is 23.3 Å². The van der Waals surface area contributed by atoms with Crippen molar-refractivity contribution in [2.24, 2.45) is 17.3 Å². The number of aromatic hydroxyl groups is 1. The Morgan fingerprint density at radius 1 is 1.24 bits per heavy atom. The zero-order chi connectivity index (χ0) is 14.8. The van der Waals surface area contributed by atoms with Gasteiger partial charge < -0.3 is 10.8 Å². The molecule has 2 fully saturated rings. The second-order valence-electron chi connectivity index (χ2n) is 7.40. The highest BCUT2D eigenvalue weighted by Gasteiger charge is 2.54. The van der Waals surface area contributed by atoms with Crippen LogP contribution in [0.15, 0.2) is 12.1 Å². The summed E-state index contributed by atoms with van der Waals surface area (Å²) in [6, 6.07) is 3.95. The van der Waals surface area contributed by atoms with Gasteiger partial charge in [0.15, 0.2) is 0 Å². The Morgan fingerprint density at radius 2 is 2.05 bits per heavy atom. The minimum absolute atomic E-state index is 0.0749. The van der Waals surface area contributed by atoms with Crippen molar-refractivity contribution in [2.45, 2.75) is 51.4 Å². The molecule has 0 bridgehead atoms. The van der Waals surface area contributed by atoms with E-state index in [-0.39, 0.29) is 5.41 Å². The first-order valence-corrected chi connectivity index (χ1v) is 8.16. The number of anilines is 1. The van der Waals surface area contributed by atoms with E-state index in [2.05, 4.69) is 13.0 Å². The summed E-state index contributed by atoms with van der Waals surface area (Å²) in [6.45, 7) is 2.19. The lowest BCUT2D eigenvalue weighted by molar-refractivity contribution is -0.129. The van der Waals surface area contributed by atoms with Crippen molar-refractivity contribution < 1.29 is 9.90 Å². The van der Waals surface area contributed by atoms with Crippen LogP contribution in [0.3, 0.4) is 0 Å². The predicted octanol–water partition coefficient (Wildman–Crippen LogP) is 3.40. The number of rotatable bonds is 0. The molecule has 0 saturated heterocycles. The van der Waals surface area contributed by atoms with Crippen molar-refractivity contribution in [3.63, 3.8) is 0 Å². The van der Waals surface area contributed by atoms with E-state index in [1.165, 1.54) is 5.56 Å². The summed E-state index contributed by atoms with van der Waals surface area (Å²) in [5, 5.41) is 10.2. The van der Waals surface area contributed by atoms with Crippen molar-refractivity contribution in [2.75, 3.05) is 5.73 Å². The molecule has 112 valence electrons. The molecule has 3 N–H and O–H groups in total. The van der Waals surface area contributed by atoms with Crippen molar-refractivity contribution >= 4 is 11.5 Å². The molecule has 3 aliphatic carbocycles. The van der Waals surface area contributed by atoms with Crippen molar-refractivity contribution in [1.82, 2.24) is 0 Å². The normalized spacial score (nSPS) is 37.8. The van der Waals surface area contributed by atoms with Crippen LogP contribution in [0.1, 0.15) is 56.1 Å². The molecular weight excluding hydrogens is 262 g/mol. The SMILES string of the molecule is C[C@]12CC[C@@H]3c4ccc(N)c(O)c4CC[C@H]3[C@@H]1CCC2=O. The molecule has 2 saturated carbocycles. The second kappa shape index (κ2) is 4.25. The molecule has 0 spiro atoms. The highest BCUT2D eigenvalue weighted by Crippen LogP contribution is 2.60. The largest absolute Gasteiger partial charge is 0.505 e. The lowest BCUT2D eigenvalue weighted by Gasteiger charge is -2.48. The second-order valence-corrected chi connectivity index (χ2v) is 7.40. The summed E-state index contributed by atoms with van der Waals surface area (Å²) in [5.74, 6) is 2.42. The quantitative estimate of drug-likeness (QED) is 0.567. The van der Waals surface area contributed by atoms with E-state index >= 15 is 0 Å². The van der Waals surface area contributed by atoms with E-state index in [4.69, 9.17) is 5.73 Å². The number of hydrogen-bond donors (Lipinski definition) is 2. The van der Waals surface area contributed by atoms with Crippen LogP contribution in [0.5, 0.6) is 5.75 Å². The van der Waals surface area contributed by atoms with Gasteiger partial charge >= 0.3 is 0 Å². The summed E-state index contributed by atoms with van der Waals surface area (Å²) >= 11 is 0. The summed E-state index contributed by atoms with van der Waals surface area (Å²) < 4.78 is 0. The number of phenolic OH excluding ortho intramolecular Hbond substituents is 1. The Morgan fingerprint density at radius 3 is 2.86 bits per heavy atom. The van der Waals surface area contributed by atoms with Crippen LogP contribution in [0.4, 0.5) is 5.69 Å². The summed E-state index contributed by atoms with van der Waals surface area (Å²) in [7, 11) is 0. The molecule has 3 aliphatic rings. The van der Waals surface area contributed by atoms with Gasteiger partial charge in [-0.3, -0.25) is 4.79 Å². The third kappa shape index (κ3) is 1.63. The molecule has 21 heavy (non-hydrogen) atoms. The van der Waals surface area contributed by atoms with Crippen LogP contribution >= 0.6 is 0 Å². The molecule has 0 aliphatic heterocycles. The monoisotopic (exact) mass is 285 g/mol. The summed E-state index contributed by atoms with van der Waals surface area (Å²) in [6.07, 6.45) is 5.88. The predicted molar refractivity (Wildman–Crippen MR) is 82.1 cm³/mol. The van der Waals surface area contributed by atoms with Gasteiger partial charge in [-0.1, -0.05) is 13.0 Å². The molecular formula is C18H23NO2. The minimum Gasteiger partial charge on any atom is -0.505 e. The van der Waals surface area contributed by atoms with Crippen LogP contribution in [-0.2, 0) is 11.2 Å². The first kappa shape index (κ1) is 13.2. The summed E-state index contributed by atoms with van der Waals surface area (Å²) in [4.78, 5) is 12.3. The number of Topliss-reactive ketones (excluding diaryl/α,β-unsaturated/α-hetero) is 1. The number of nitrogens with two attached hydrogens (primary N) is 1. The van der Waals surface area contributed by atoms with E-state index in [1.54, 1.807) is 0 Å². The van der Waals surface area contributed by atoms with E-state index in [0.29, 0.717) is 35.0 Å². The van der Waals surface area contributed by atoms with Crippen LogP contribution in [-0.4, -0.2) is 10.9 Å². The molecule has 0 heterocycles. The fraction of sp³-hybridized carbons (Fsp3) is 0.611. The van der Waals surface area contributed by atoms with Crippen molar-refractivity contribution in [1.29, 1.82) is 0 Å². The Hall–Kier alpha value is -1.51. The number of fused-ring (bicyclic) bond motifs is 5. The molecule has 3 heteroatoms. The fourth-order valence-corrected chi connectivity index (χ4v) is 5.44. The van der Waals surface area contributed by atoms with Gasteiger partial charge in [0.1, 0.15) is 11.5 Å². The standard InChI is InChI=1S/C18H23NO2/c1-18-9-8-11-10-4-6-15(19)17(21)13(10)3-2-12(11)14(18)5-7-16(18)20/h4,6,11-12,14,21H,2-3,5,7-9,19H2,1H3/t11-,12-,14+,18+/m1/s1. The Labute approximate surface area is 125 Å². The number of phenols is 1. The highest BCUT2D eigenvalue weighted by molar-refractivity contribution is 5.87. The third-order valence-corrected chi connectivity index (χ3v) is 6.62. The third-order valence-electron chi connectivity index (χ3n) is 6.62. The van der Waals surface area contributed by atoms with Gasteiger partial charge in [0.25, 0.3) is 0 Å². The number of nitrogen functional groups attached to an aromatic ring is 1. The lowest BCUT2D eigenvalue weighted by Crippen LogP contribution is -2.42. The van der Waals surface area contributed by atoms with Gasteiger partial charge in [0, 0.05) is 11.8 Å². The number of carbonyl (C=O) groups is 1. The van der Waals surface area contributed by atoms with Crippen molar-refractivity contribution in [3.8, 4) is 5.75 Å². The number of hydrogen-bond acceptors (Lipinski definition) is 3. The van der Waals surface area contributed by atoms with Gasteiger partial charge in [-0.2, -0.15) is 0 Å². The highest BCUT2D eigenvalue weighted by atomic mass is 16.3. The molecule has 0 unspecified atom stereocenters. The molecule has 4 rings (SSSR count). The lowest BCUT2D eigenvalue weighted by atomic mass is 9.55. The van der Waals surface area contributed by atoms with Gasteiger partial charge in [-0.05, 0) is 67.1 Å². The molecule has 0 aromatic heterocycles. The van der Waals surface area contributed by atoms with Gasteiger partial charge in [0.05, 0.1) is 5.69 Å². The Balaban J connectivity index is 1.75. The van der Waals surface area contributed by atoms with E-state index in [0.717, 1.165) is 44.1 Å². The molecule has 1 aromatic rings. The van der Waals surface area contributed by atoms with Gasteiger partial charge in [-0.25, -0.2) is 0 Å². The molecule has 4 atom stereocenters. The topological polar surface area (TPSA) is 63.3 Å². The maximum absolute atomic E-state index is 12.3. The summed E-state index contributed by atoms with van der Waals surface area (Å²) in [5.41, 5.74) is 8.61. The minimum atomic E-state index is -0.0749. The molecule has 3 nitrogen and oxygen atoms in total. The van der Waals surface area contributed by atoms with Crippen LogP contribution in [0.25, 0.3) is 0 Å². The van der Waals surface area contributed by atoms with Crippen LogP contribution < -0.4 is 5.73 Å². The van der Waals surface area contributed by atoms with E-state index in [1.807, 2.05) is 6.07 Å². The molecule has 1 aromatic carbocycles. The molecule has 0 radical (unpaired) electrons. The van der Waals surface area contributed by atoms with E-state index in [9.17, 15) is 9.90 Å². The molecule has 0 amide bonds. The van der Waals surface area contributed by atoms with Gasteiger partial charge in [0.2, 0.25) is 0 Å².